The maximum Gasteiger partial charge on any atom is 0.416 e. The molecule has 1 aliphatic heterocycles. The van der Waals surface area contributed by atoms with Crippen molar-refractivity contribution in [2.45, 2.75) is 18.8 Å². The van der Waals surface area contributed by atoms with Crippen LogP contribution in [0.4, 0.5) is 13.2 Å². The number of benzene rings is 2. The van der Waals surface area contributed by atoms with Gasteiger partial charge in [-0.05, 0) is 41.1 Å². The Morgan fingerprint density at radius 1 is 1.13 bits per heavy atom. The zero-order valence-corrected chi connectivity index (χ0v) is 16.2. The van der Waals surface area contributed by atoms with Gasteiger partial charge in [-0.15, -0.1) is 10.2 Å². The molecular formula is C20H20F3N5O2. The molecule has 10 heteroatoms. The highest BCUT2D eigenvalue weighted by Crippen LogP contribution is 2.33. The smallest absolute Gasteiger partial charge is 0.416 e. The summed E-state index contributed by atoms with van der Waals surface area (Å²) in [6, 6.07) is 12.2. The van der Waals surface area contributed by atoms with E-state index in [0.29, 0.717) is 31.3 Å². The fourth-order valence-electron chi connectivity index (χ4n) is 3.27. The van der Waals surface area contributed by atoms with Gasteiger partial charge in [-0.25, -0.2) is 0 Å². The molecule has 1 saturated heterocycles. The molecule has 0 saturated carbocycles. The molecule has 7 nitrogen and oxygen atoms in total. The van der Waals surface area contributed by atoms with E-state index >= 15 is 0 Å². The Balaban J connectivity index is 1.42. The predicted octanol–water partition coefficient (Wildman–Crippen LogP) is 3.59. The minimum absolute atomic E-state index is 0.141. The summed E-state index contributed by atoms with van der Waals surface area (Å²) in [5.41, 5.74) is 0.236. The SMILES string of the molecule is Cn1nnc(C2CN(Cc3cccc(Oc4cccc(C(F)(F)F)c4)c3)CCO2)n1. The molecule has 0 amide bonds. The van der Waals surface area contributed by atoms with Crippen LogP contribution in [0.5, 0.6) is 11.5 Å². The Bertz CT molecular complexity index is 1010. The Kier molecular flexibility index (Phi) is 5.69. The maximum atomic E-state index is 12.9. The molecule has 1 atom stereocenters. The molecule has 1 aliphatic rings. The number of hydrogen-bond acceptors (Lipinski definition) is 6. The van der Waals surface area contributed by atoms with Crippen molar-refractivity contribution in [3.8, 4) is 11.5 Å². The summed E-state index contributed by atoms with van der Waals surface area (Å²) in [6.07, 6.45) is -4.66. The van der Waals surface area contributed by atoms with Gasteiger partial charge in [0.2, 0.25) is 5.82 Å². The molecule has 0 bridgehead atoms. The van der Waals surface area contributed by atoms with Crippen molar-refractivity contribution in [3.05, 3.63) is 65.5 Å². The van der Waals surface area contributed by atoms with E-state index in [2.05, 4.69) is 20.3 Å². The normalized spacial score (nSPS) is 17.8. The van der Waals surface area contributed by atoms with Crippen molar-refractivity contribution < 1.29 is 22.6 Å². The van der Waals surface area contributed by atoms with Crippen molar-refractivity contribution in [2.75, 3.05) is 19.7 Å². The van der Waals surface area contributed by atoms with E-state index in [1.54, 1.807) is 13.1 Å². The summed E-state index contributed by atoms with van der Waals surface area (Å²) < 4.78 is 50.1. The largest absolute Gasteiger partial charge is 0.457 e. The van der Waals surface area contributed by atoms with Gasteiger partial charge in [0.25, 0.3) is 0 Å². The number of morpholine rings is 1. The van der Waals surface area contributed by atoms with Crippen LogP contribution in [0.1, 0.15) is 23.1 Å². The summed E-state index contributed by atoms with van der Waals surface area (Å²) >= 11 is 0. The van der Waals surface area contributed by atoms with Gasteiger partial charge in [-0.2, -0.15) is 18.0 Å². The average Bonchev–Trinajstić information content (AvgIpc) is 3.15. The zero-order chi connectivity index (χ0) is 21.1. The first kappa shape index (κ1) is 20.3. The van der Waals surface area contributed by atoms with Crippen molar-refractivity contribution in [1.29, 1.82) is 0 Å². The Hall–Kier alpha value is -2.98. The van der Waals surface area contributed by atoms with Crippen LogP contribution in [0, 0.1) is 0 Å². The molecule has 4 rings (SSSR count). The minimum atomic E-state index is -4.41. The van der Waals surface area contributed by atoms with E-state index in [1.165, 1.54) is 16.9 Å². The molecule has 158 valence electrons. The molecule has 1 aromatic heterocycles. The van der Waals surface area contributed by atoms with Crippen molar-refractivity contribution in [2.24, 2.45) is 7.05 Å². The molecule has 3 aromatic rings. The highest BCUT2D eigenvalue weighted by atomic mass is 19.4. The highest BCUT2D eigenvalue weighted by Gasteiger charge is 2.30. The van der Waals surface area contributed by atoms with Crippen LogP contribution in [0.15, 0.2) is 48.5 Å². The lowest BCUT2D eigenvalue weighted by Crippen LogP contribution is -2.38. The molecule has 1 fully saturated rings. The Labute approximate surface area is 171 Å². The van der Waals surface area contributed by atoms with Gasteiger partial charge >= 0.3 is 6.18 Å². The third kappa shape index (κ3) is 4.95. The number of rotatable bonds is 5. The number of alkyl halides is 3. The summed E-state index contributed by atoms with van der Waals surface area (Å²) in [4.78, 5) is 3.60. The van der Waals surface area contributed by atoms with Crippen molar-refractivity contribution in [1.82, 2.24) is 25.1 Å². The minimum Gasteiger partial charge on any atom is -0.457 e. The average molecular weight is 419 g/mol. The van der Waals surface area contributed by atoms with E-state index in [1.807, 2.05) is 18.2 Å². The second-order valence-corrected chi connectivity index (χ2v) is 7.01. The van der Waals surface area contributed by atoms with Crippen LogP contribution in [0.3, 0.4) is 0 Å². The van der Waals surface area contributed by atoms with E-state index < -0.39 is 11.7 Å². The predicted molar refractivity (Wildman–Crippen MR) is 101 cm³/mol. The Morgan fingerprint density at radius 3 is 2.63 bits per heavy atom. The van der Waals surface area contributed by atoms with Crippen LogP contribution in [-0.2, 0) is 24.5 Å². The van der Waals surface area contributed by atoms with Crippen LogP contribution >= 0.6 is 0 Å². The van der Waals surface area contributed by atoms with Crippen LogP contribution in [0.25, 0.3) is 0 Å². The first-order valence-corrected chi connectivity index (χ1v) is 9.39. The lowest BCUT2D eigenvalue weighted by atomic mass is 10.1. The first-order valence-electron chi connectivity index (χ1n) is 9.39. The topological polar surface area (TPSA) is 65.3 Å². The van der Waals surface area contributed by atoms with Gasteiger partial charge in [0, 0.05) is 19.6 Å². The fraction of sp³-hybridized carbons (Fsp3) is 0.350. The number of halogens is 3. The molecule has 30 heavy (non-hydrogen) atoms. The van der Waals surface area contributed by atoms with Crippen LogP contribution in [0.2, 0.25) is 0 Å². The summed E-state index contributed by atoms with van der Waals surface area (Å²) in [5.74, 6) is 1.16. The van der Waals surface area contributed by atoms with Gasteiger partial charge in [0.05, 0.1) is 19.2 Å². The van der Waals surface area contributed by atoms with E-state index in [9.17, 15) is 13.2 Å². The van der Waals surface area contributed by atoms with Gasteiger partial charge < -0.3 is 9.47 Å². The molecule has 1 unspecified atom stereocenters. The number of aryl methyl sites for hydroxylation is 1. The molecule has 2 aromatic carbocycles. The second-order valence-electron chi connectivity index (χ2n) is 7.01. The quantitative estimate of drug-likeness (QED) is 0.630. The van der Waals surface area contributed by atoms with Crippen molar-refractivity contribution >= 4 is 0 Å². The van der Waals surface area contributed by atoms with E-state index in [0.717, 1.165) is 24.2 Å². The lowest BCUT2D eigenvalue weighted by molar-refractivity contribution is -0.137. The molecule has 0 N–H and O–H groups in total. The number of ether oxygens (including phenoxy) is 2. The second kappa shape index (κ2) is 8.41. The molecular weight excluding hydrogens is 399 g/mol. The van der Waals surface area contributed by atoms with Gasteiger partial charge in [0.1, 0.15) is 17.6 Å². The van der Waals surface area contributed by atoms with Gasteiger partial charge in [0.15, 0.2) is 0 Å². The van der Waals surface area contributed by atoms with Crippen LogP contribution in [-0.4, -0.2) is 44.8 Å². The maximum absolute atomic E-state index is 12.9. The molecule has 0 aliphatic carbocycles. The molecule has 0 radical (unpaired) electrons. The number of tetrazole rings is 1. The highest BCUT2D eigenvalue weighted by molar-refractivity contribution is 5.36. The van der Waals surface area contributed by atoms with E-state index in [-0.39, 0.29) is 11.9 Å². The zero-order valence-electron chi connectivity index (χ0n) is 16.2. The Morgan fingerprint density at radius 2 is 1.90 bits per heavy atom. The lowest BCUT2D eigenvalue weighted by Gasteiger charge is -2.31. The molecule has 2 heterocycles. The van der Waals surface area contributed by atoms with Gasteiger partial charge in [-0.3, -0.25) is 4.90 Å². The number of nitrogens with zero attached hydrogens (tertiary/aromatic N) is 5. The fourth-order valence-corrected chi connectivity index (χ4v) is 3.27. The standard InChI is InChI=1S/C20H20F3N5O2/c1-27-25-19(24-26-27)18-13-28(8-9-29-18)12-14-4-2-6-16(10-14)30-17-7-3-5-15(11-17)20(21,22)23/h2-7,10-11,18H,8-9,12-13H2,1H3. The van der Waals surface area contributed by atoms with Crippen molar-refractivity contribution in [3.63, 3.8) is 0 Å². The third-order valence-corrected chi connectivity index (χ3v) is 4.66. The van der Waals surface area contributed by atoms with E-state index in [4.69, 9.17) is 9.47 Å². The van der Waals surface area contributed by atoms with Crippen LogP contribution < -0.4 is 4.74 Å². The van der Waals surface area contributed by atoms with Gasteiger partial charge in [-0.1, -0.05) is 18.2 Å². The third-order valence-electron chi connectivity index (χ3n) is 4.66. The summed E-state index contributed by atoms with van der Waals surface area (Å²) in [7, 11) is 1.70. The first-order chi connectivity index (χ1) is 14.4. The summed E-state index contributed by atoms with van der Waals surface area (Å²) in [5, 5.41) is 12.1. The number of aromatic nitrogens is 4. The number of hydrogen-bond donors (Lipinski definition) is 0. The summed E-state index contributed by atoms with van der Waals surface area (Å²) in [6.45, 7) is 2.54. The monoisotopic (exact) mass is 419 g/mol. The molecule has 0 spiro atoms.